The number of hydrogen-bond donors (Lipinski definition) is 4. The van der Waals surface area contributed by atoms with E-state index in [0.717, 1.165) is 61.9 Å². The lowest BCUT2D eigenvalue weighted by atomic mass is 9.98. The van der Waals surface area contributed by atoms with Crippen LogP contribution in [0.5, 0.6) is 0 Å². The van der Waals surface area contributed by atoms with Crippen LogP contribution in [0.1, 0.15) is 68.8 Å². The molecule has 3 rings (SSSR count). The van der Waals surface area contributed by atoms with Gasteiger partial charge in [-0.2, -0.15) is 0 Å². The molecule has 0 saturated heterocycles. The number of likely N-dealkylation sites (N-methyl/N-ethyl adjacent to an activating group) is 2. The van der Waals surface area contributed by atoms with Crippen molar-refractivity contribution in [3.8, 4) is 0 Å². The summed E-state index contributed by atoms with van der Waals surface area (Å²) in [5.74, 6) is -0.842. The molecule has 0 aromatic heterocycles. The van der Waals surface area contributed by atoms with Crippen LogP contribution in [0.15, 0.2) is 60.2 Å². The van der Waals surface area contributed by atoms with Gasteiger partial charge in [0, 0.05) is 43.1 Å². The molecule has 0 radical (unpaired) electrons. The third kappa shape index (κ3) is 9.68. The number of allylic oxidation sites excluding steroid dienone is 1. The van der Waals surface area contributed by atoms with Gasteiger partial charge in [0.25, 0.3) is 5.91 Å². The van der Waals surface area contributed by atoms with Crippen molar-refractivity contribution in [1.29, 1.82) is 0 Å². The van der Waals surface area contributed by atoms with Gasteiger partial charge < -0.3 is 26.6 Å². The van der Waals surface area contributed by atoms with Gasteiger partial charge in [-0.15, -0.1) is 0 Å². The molecule has 1 fully saturated rings. The van der Waals surface area contributed by atoms with Crippen LogP contribution in [-0.4, -0.2) is 44.8 Å². The Morgan fingerprint density at radius 1 is 1.17 bits per heavy atom. The number of carbonyl (C=O) groups excluding carboxylic acids is 1. The maximum atomic E-state index is 13.7. The third-order valence-corrected chi connectivity index (χ3v) is 7.68. The smallest absolute Gasteiger partial charge is 0.254 e. The number of amides is 1. The maximum Gasteiger partial charge on any atom is 0.254 e. The van der Waals surface area contributed by atoms with Gasteiger partial charge in [0.05, 0.1) is 5.56 Å². The topological polar surface area (TPSA) is 82.4 Å². The summed E-state index contributed by atoms with van der Waals surface area (Å²) in [7, 11) is 1.94. The van der Waals surface area contributed by atoms with Crippen LogP contribution in [0, 0.1) is 17.6 Å². The first-order chi connectivity index (χ1) is 19.6. The summed E-state index contributed by atoms with van der Waals surface area (Å²) in [4.78, 5) is 15.8. The Morgan fingerprint density at radius 3 is 2.51 bits per heavy atom. The van der Waals surface area contributed by atoms with E-state index < -0.39 is 17.8 Å². The van der Waals surface area contributed by atoms with Gasteiger partial charge in [-0.25, -0.2) is 8.78 Å². The Kier molecular flexibility index (Phi) is 12.4. The van der Waals surface area contributed by atoms with Gasteiger partial charge in [-0.05, 0) is 93.5 Å². The van der Waals surface area contributed by atoms with Crippen molar-refractivity contribution in [2.45, 2.75) is 71.5 Å². The summed E-state index contributed by atoms with van der Waals surface area (Å²) < 4.78 is 27.5. The normalized spacial score (nSPS) is 17.8. The second kappa shape index (κ2) is 15.7. The molecule has 0 heterocycles. The number of nitrogens with one attached hydrogen (secondary N) is 3. The molecule has 5 N–H and O–H groups in total. The lowest BCUT2D eigenvalue weighted by molar-refractivity contribution is 0.0945. The quantitative estimate of drug-likeness (QED) is 0.153. The predicted molar refractivity (Wildman–Crippen MR) is 166 cm³/mol. The van der Waals surface area contributed by atoms with Gasteiger partial charge >= 0.3 is 0 Å². The molecule has 0 spiro atoms. The minimum absolute atomic E-state index is 0.283. The largest absolute Gasteiger partial charge is 0.382 e. The molecule has 1 aliphatic carbocycles. The van der Waals surface area contributed by atoms with Crippen molar-refractivity contribution in [2.75, 3.05) is 36.9 Å². The highest BCUT2D eigenvalue weighted by molar-refractivity contribution is 6.00. The van der Waals surface area contributed by atoms with Crippen molar-refractivity contribution in [2.24, 2.45) is 11.7 Å². The Balaban J connectivity index is 1.79. The Bertz CT molecular complexity index is 1190. The number of halogens is 2. The number of nitrogens with two attached hydrogens (primary N) is 1. The standard InChI is InChI=1S/C33H47F2N5O/c1-6-8-24(17-25-18-26(34)20-27(35)19-25)16-23(4)32(36)39-33(41)30-12-11-29(40(7-2)14-13-37-5)21-31(30)38-28-10-9-22(3)15-28/h11-12,16,18-22,28,32,37-38H,4,6-10,13-15,17,36H2,1-3,5H3,(H,39,41)/b24-16+. The van der Waals surface area contributed by atoms with E-state index >= 15 is 0 Å². The second-order valence-corrected chi connectivity index (χ2v) is 11.2. The molecule has 8 heteroatoms. The van der Waals surface area contributed by atoms with Crippen LogP contribution in [0.4, 0.5) is 20.2 Å². The number of hydrogen-bond acceptors (Lipinski definition) is 5. The highest BCUT2D eigenvalue weighted by atomic mass is 19.1. The van der Waals surface area contributed by atoms with E-state index in [1.165, 1.54) is 18.6 Å². The summed E-state index contributed by atoms with van der Waals surface area (Å²) in [6.07, 6.45) is 6.26. The van der Waals surface area contributed by atoms with Crippen LogP contribution in [0.25, 0.3) is 0 Å². The fraction of sp³-hybridized carbons (Fsp3) is 0.485. The summed E-state index contributed by atoms with van der Waals surface area (Å²) in [6.45, 7) is 13.1. The van der Waals surface area contributed by atoms with Gasteiger partial charge in [-0.3, -0.25) is 4.79 Å². The number of benzene rings is 2. The van der Waals surface area contributed by atoms with Crippen molar-refractivity contribution in [1.82, 2.24) is 10.6 Å². The van der Waals surface area contributed by atoms with E-state index in [1.54, 1.807) is 0 Å². The first-order valence-corrected chi connectivity index (χ1v) is 14.8. The highest BCUT2D eigenvalue weighted by Crippen LogP contribution is 2.31. The van der Waals surface area contributed by atoms with E-state index in [0.29, 0.717) is 41.5 Å². The van der Waals surface area contributed by atoms with Gasteiger partial charge in [0.15, 0.2) is 0 Å². The molecular formula is C33H47F2N5O. The van der Waals surface area contributed by atoms with E-state index in [1.807, 2.05) is 32.2 Å². The summed E-state index contributed by atoms with van der Waals surface area (Å²) in [5, 5.41) is 9.75. The average molecular weight is 568 g/mol. The molecule has 2 aromatic carbocycles. The number of anilines is 2. The first-order valence-electron chi connectivity index (χ1n) is 14.8. The molecule has 0 aliphatic heterocycles. The predicted octanol–water partition coefficient (Wildman–Crippen LogP) is 6.15. The van der Waals surface area contributed by atoms with E-state index in [4.69, 9.17) is 5.73 Å². The minimum Gasteiger partial charge on any atom is -0.382 e. The monoisotopic (exact) mass is 567 g/mol. The van der Waals surface area contributed by atoms with Crippen LogP contribution >= 0.6 is 0 Å². The molecule has 1 aliphatic rings. The molecular weight excluding hydrogens is 520 g/mol. The molecule has 41 heavy (non-hydrogen) atoms. The molecule has 6 nitrogen and oxygen atoms in total. The van der Waals surface area contributed by atoms with Gasteiger partial charge in [0.1, 0.15) is 17.8 Å². The zero-order chi connectivity index (χ0) is 29.9. The molecule has 224 valence electrons. The van der Waals surface area contributed by atoms with E-state index in [-0.39, 0.29) is 5.91 Å². The lowest BCUT2D eigenvalue weighted by Gasteiger charge is -2.26. The molecule has 1 amide bonds. The lowest BCUT2D eigenvalue weighted by Crippen LogP contribution is -2.42. The number of carbonyl (C=O) groups is 1. The van der Waals surface area contributed by atoms with Crippen molar-refractivity contribution >= 4 is 17.3 Å². The Morgan fingerprint density at radius 2 is 1.90 bits per heavy atom. The first kappa shape index (κ1) is 32.3. The molecule has 3 unspecified atom stereocenters. The van der Waals surface area contributed by atoms with Gasteiger partial charge in [0.2, 0.25) is 0 Å². The van der Waals surface area contributed by atoms with Crippen molar-refractivity contribution in [3.05, 3.63) is 83.0 Å². The highest BCUT2D eigenvalue weighted by Gasteiger charge is 2.24. The zero-order valence-corrected chi connectivity index (χ0v) is 25.0. The van der Waals surface area contributed by atoms with E-state index in [2.05, 4.69) is 47.3 Å². The fourth-order valence-electron chi connectivity index (χ4n) is 5.49. The third-order valence-electron chi connectivity index (χ3n) is 7.68. The number of nitrogens with zero attached hydrogens (tertiary/aromatic N) is 1. The SMILES string of the molecule is C=C(/C=C(\CCC)Cc1cc(F)cc(F)c1)C(N)NC(=O)c1ccc(N(CC)CCNC)cc1NC1CCC(C)C1. The van der Waals surface area contributed by atoms with Crippen LogP contribution < -0.4 is 26.6 Å². The fourth-order valence-corrected chi connectivity index (χ4v) is 5.49. The van der Waals surface area contributed by atoms with Gasteiger partial charge in [-0.1, -0.05) is 38.5 Å². The average Bonchev–Trinajstić information content (AvgIpc) is 3.32. The Hall–Kier alpha value is -3.23. The van der Waals surface area contributed by atoms with Crippen LogP contribution in [0.3, 0.4) is 0 Å². The second-order valence-electron chi connectivity index (χ2n) is 11.2. The van der Waals surface area contributed by atoms with Crippen LogP contribution in [-0.2, 0) is 6.42 Å². The maximum absolute atomic E-state index is 13.7. The summed E-state index contributed by atoms with van der Waals surface area (Å²) in [6, 6.07) is 9.75. The molecule has 3 atom stereocenters. The van der Waals surface area contributed by atoms with E-state index in [9.17, 15) is 13.6 Å². The molecule has 2 aromatic rings. The molecule has 0 bridgehead atoms. The molecule has 1 saturated carbocycles. The Labute approximate surface area is 244 Å². The zero-order valence-electron chi connectivity index (χ0n) is 25.0. The van der Waals surface area contributed by atoms with Crippen LogP contribution in [0.2, 0.25) is 0 Å². The van der Waals surface area contributed by atoms with Crippen molar-refractivity contribution in [3.63, 3.8) is 0 Å². The summed E-state index contributed by atoms with van der Waals surface area (Å²) in [5.41, 5.74) is 10.8. The van der Waals surface area contributed by atoms with Crippen molar-refractivity contribution < 1.29 is 13.6 Å². The summed E-state index contributed by atoms with van der Waals surface area (Å²) >= 11 is 0. The number of rotatable bonds is 15. The minimum atomic E-state index is -0.819.